The Labute approximate surface area is 159 Å². The van der Waals surface area contributed by atoms with E-state index in [4.69, 9.17) is 0 Å². The summed E-state index contributed by atoms with van der Waals surface area (Å²) in [6.45, 7) is 4.56. The Hall–Kier alpha value is -1.96. The molecule has 0 spiro atoms. The number of hydrogen-bond donors (Lipinski definition) is 2. The van der Waals surface area contributed by atoms with Gasteiger partial charge in [0.2, 0.25) is 0 Å². The minimum Gasteiger partial charge on any atom is -0.361 e. The van der Waals surface area contributed by atoms with E-state index in [0.717, 1.165) is 0 Å². The van der Waals surface area contributed by atoms with Gasteiger partial charge in [-0.15, -0.1) is 0 Å². The summed E-state index contributed by atoms with van der Waals surface area (Å²) >= 11 is 0. The van der Waals surface area contributed by atoms with Crippen molar-refractivity contribution >= 4 is 22.1 Å². The highest BCUT2D eigenvalue weighted by molar-refractivity contribution is 6.04. The van der Waals surface area contributed by atoms with Gasteiger partial charge in [0.05, 0.1) is 0 Å². The first kappa shape index (κ1) is 18.8. The summed E-state index contributed by atoms with van der Waals surface area (Å²) in [6.07, 6.45) is 14.3. The predicted octanol–water partition coefficient (Wildman–Crippen LogP) is 7.48. The van der Waals surface area contributed by atoms with Crippen LogP contribution < -0.4 is 10.6 Å². The lowest BCUT2D eigenvalue weighted by Crippen LogP contribution is -2.33. The molecule has 1 heterocycles. The molecule has 0 bridgehead atoms. The van der Waals surface area contributed by atoms with Crippen LogP contribution in [-0.2, 0) is 0 Å². The molecule has 2 heteroatoms. The first-order valence-electron chi connectivity index (χ1n) is 10.6. The molecule has 0 atom stereocenters. The van der Waals surface area contributed by atoms with Gasteiger partial charge in [0, 0.05) is 16.8 Å². The van der Waals surface area contributed by atoms with Crippen LogP contribution >= 0.6 is 0 Å². The second-order valence-corrected chi connectivity index (χ2v) is 7.52. The van der Waals surface area contributed by atoms with Crippen molar-refractivity contribution in [2.24, 2.45) is 0 Å². The van der Waals surface area contributed by atoms with E-state index in [9.17, 15) is 0 Å². The molecule has 2 N–H and O–H groups in total. The Morgan fingerprint density at radius 2 is 1.50 bits per heavy atom. The number of nitrogens with one attached hydrogen (secondary N) is 2. The number of anilines is 2. The van der Waals surface area contributed by atoms with E-state index in [1.54, 1.807) is 0 Å². The van der Waals surface area contributed by atoms with E-state index >= 15 is 0 Å². The number of benzene rings is 2. The van der Waals surface area contributed by atoms with Gasteiger partial charge in [0.15, 0.2) is 0 Å². The molecular formula is C24H34N2. The molecule has 2 aromatic rings. The molecule has 0 saturated carbocycles. The van der Waals surface area contributed by atoms with Crippen LogP contribution in [0.2, 0.25) is 0 Å². The van der Waals surface area contributed by atoms with Crippen LogP contribution in [0, 0.1) is 0 Å². The van der Waals surface area contributed by atoms with Crippen LogP contribution in [0.1, 0.15) is 71.6 Å². The Kier molecular flexibility index (Phi) is 6.99. The van der Waals surface area contributed by atoms with Gasteiger partial charge in [-0.25, -0.2) is 0 Å². The summed E-state index contributed by atoms with van der Waals surface area (Å²) < 4.78 is 0. The third-order valence-electron chi connectivity index (χ3n) is 5.41. The average molecular weight is 351 g/mol. The zero-order chi connectivity index (χ0) is 18.2. The lowest BCUT2D eigenvalue weighted by atomic mass is 9.98. The molecule has 1 aliphatic heterocycles. The zero-order valence-electron chi connectivity index (χ0n) is 16.5. The maximum Gasteiger partial charge on any atom is 0.119 e. The van der Waals surface area contributed by atoms with E-state index in [2.05, 4.69) is 67.0 Å². The van der Waals surface area contributed by atoms with Crippen molar-refractivity contribution in [2.75, 3.05) is 10.6 Å². The number of hydrogen-bond acceptors (Lipinski definition) is 2. The van der Waals surface area contributed by atoms with Crippen LogP contribution in [0.5, 0.6) is 0 Å². The van der Waals surface area contributed by atoms with Crippen LogP contribution in [0.15, 0.2) is 48.0 Å². The SMILES string of the molecule is CCCCCC/C=C(\CCCCC)C1Nc2cccc3cccc(c23)N1. The van der Waals surface area contributed by atoms with Crippen molar-refractivity contribution in [3.8, 4) is 0 Å². The van der Waals surface area contributed by atoms with Gasteiger partial charge in [-0.1, -0.05) is 76.3 Å². The first-order valence-corrected chi connectivity index (χ1v) is 10.6. The number of rotatable bonds is 10. The Morgan fingerprint density at radius 1 is 0.846 bits per heavy atom. The minimum atomic E-state index is 0.221. The second kappa shape index (κ2) is 9.66. The predicted molar refractivity (Wildman–Crippen MR) is 116 cm³/mol. The Morgan fingerprint density at radius 3 is 2.15 bits per heavy atom. The number of unbranched alkanes of at least 4 members (excludes halogenated alkanes) is 6. The van der Waals surface area contributed by atoms with Gasteiger partial charge >= 0.3 is 0 Å². The van der Waals surface area contributed by atoms with Crippen molar-refractivity contribution in [1.29, 1.82) is 0 Å². The molecular weight excluding hydrogens is 316 g/mol. The quantitative estimate of drug-likeness (QED) is 0.343. The molecule has 0 aromatic heterocycles. The van der Waals surface area contributed by atoms with Gasteiger partial charge in [-0.05, 0) is 48.8 Å². The highest BCUT2D eigenvalue weighted by Gasteiger charge is 2.21. The lowest BCUT2D eigenvalue weighted by Gasteiger charge is -2.31. The van der Waals surface area contributed by atoms with E-state index in [0.29, 0.717) is 0 Å². The molecule has 2 aromatic carbocycles. The molecule has 0 fully saturated rings. The maximum absolute atomic E-state index is 3.76. The van der Waals surface area contributed by atoms with Crippen molar-refractivity contribution in [1.82, 2.24) is 0 Å². The lowest BCUT2D eigenvalue weighted by molar-refractivity contribution is 0.661. The topological polar surface area (TPSA) is 24.1 Å². The largest absolute Gasteiger partial charge is 0.361 e. The fourth-order valence-electron chi connectivity index (χ4n) is 3.92. The molecule has 0 radical (unpaired) electrons. The van der Waals surface area contributed by atoms with Gasteiger partial charge in [0.1, 0.15) is 6.17 Å². The fourth-order valence-corrected chi connectivity index (χ4v) is 3.92. The van der Waals surface area contributed by atoms with Crippen molar-refractivity contribution in [3.05, 3.63) is 48.0 Å². The molecule has 3 rings (SSSR count). The molecule has 0 unspecified atom stereocenters. The fraction of sp³-hybridized carbons (Fsp3) is 0.500. The third-order valence-corrected chi connectivity index (χ3v) is 5.41. The summed E-state index contributed by atoms with van der Waals surface area (Å²) in [5, 5.41) is 10.1. The molecule has 140 valence electrons. The first-order chi connectivity index (χ1) is 12.8. The Balaban J connectivity index is 1.75. The molecule has 2 nitrogen and oxygen atoms in total. The number of allylic oxidation sites excluding steroid dienone is 1. The van der Waals surface area contributed by atoms with E-state index < -0.39 is 0 Å². The van der Waals surface area contributed by atoms with Crippen molar-refractivity contribution in [2.45, 2.75) is 77.8 Å². The second-order valence-electron chi connectivity index (χ2n) is 7.52. The highest BCUT2D eigenvalue weighted by atomic mass is 15.1. The minimum absolute atomic E-state index is 0.221. The van der Waals surface area contributed by atoms with E-state index in [1.165, 1.54) is 85.5 Å². The van der Waals surface area contributed by atoms with Crippen LogP contribution in [0.4, 0.5) is 11.4 Å². The smallest absolute Gasteiger partial charge is 0.119 e. The summed E-state index contributed by atoms with van der Waals surface area (Å²) in [4.78, 5) is 0. The van der Waals surface area contributed by atoms with Gasteiger partial charge < -0.3 is 10.6 Å². The van der Waals surface area contributed by atoms with Crippen LogP contribution in [0.25, 0.3) is 10.8 Å². The zero-order valence-corrected chi connectivity index (χ0v) is 16.5. The highest BCUT2D eigenvalue weighted by Crippen LogP contribution is 2.36. The summed E-state index contributed by atoms with van der Waals surface area (Å²) in [7, 11) is 0. The maximum atomic E-state index is 3.76. The third kappa shape index (κ3) is 4.60. The normalized spacial score (nSPS) is 14.3. The van der Waals surface area contributed by atoms with Gasteiger partial charge in [-0.3, -0.25) is 0 Å². The van der Waals surface area contributed by atoms with Crippen molar-refractivity contribution < 1.29 is 0 Å². The van der Waals surface area contributed by atoms with Crippen LogP contribution in [-0.4, -0.2) is 6.17 Å². The monoisotopic (exact) mass is 350 g/mol. The Bertz CT molecular complexity index is 691. The van der Waals surface area contributed by atoms with Crippen LogP contribution in [0.3, 0.4) is 0 Å². The summed E-state index contributed by atoms with van der Waals surface area (Å²) in [6, 6.07) is 13.1. The van der Waals surface area contributed by atoms with E-state index in [-0.39, 0.29) is 6.17 Å². The molecule has 1 aliphatic rings. The average Bonchev–Trinajstić information content (AvgIpc) is 2.67. The standard InChI is InChI=1S/C24H34N2/c1-3-5-7-8-10-14-20(13-9-6-4-2)24-25-21-17-11-15-19-16-12-18-22(26-24)23(19)21/h11-12,14-18,24-26H,3-10,13H2,1-2H3/b20-14+. The summed E-state index contributed by atoms with van der Waals surface area (Å²) in [5.41, 5.74) is 4.05. The molecule has 26 heavy (non-hydrogen) atoms. The molecule has 0 aliphatic carbocycles. The van der Waals surface area contributed by atoms with E-state index in [1.807, 2.05) is 0 Å². The van der Waals surface area contributed by atoms with Crippen molar-refractivity contribution in [3.63, 3.8) is 0 Å². The van der Waals surface area contributed by atoms with Gasteiger partial charge in [0.25, 0.3) is 0 Å². The summed E-state index contributed by atoms with van der Waals surface area (Å²) in [5.74, 6) is 0. The molecule has 0 amide bonds. The molecule has 0 saturated heterocycles. The van der Waals surface area contributed by atoms with Gasteiger partial charge in [-0.2, -0.15) is 0 Å².